The van der Waals surface area contributed by atoms with Crippen LogP contribution in [0.1, 0.15) is 45.1 Å². The summed E-state index contributed by atoms with van der Waals surface area (Å²) >= 11 is 0. The summed E-state index contributed by atoms with van der Waals surface area (Å²) in [7, 11) is 0. The Kier molecular flexibility index (Phi) is 6.48. The fraction of sp³-hybridized carbons (Fsp3) is 0.292. The highest BCUT2D eigenvalue weighted by atomic mass is 16.5. The average molecular weight is 361 g/mol. The maximum Gasteiger partial charge on any atom is 0.119 e. The fourth-order valence-corrected chi connectivity index (χ4v) is 2.99. The molecule has 0 saturated carbocycles. The number of aromatic nitrogens is 2. The molecule has 3 aromatic rings. The number of rotatable bonds is 9. The van der Waals surface area contributed by atoms with Crippen LogP contribution in [0.3, 0.4) is 0 Å². The van der Waals surface area contributed by atoms with Crippen LogP contribution < -0.4 is 4.74 Å². The van der Waals surface area contributed by atoms with Gasteiger partial charge in [0.2, 0.25) is 0 Å². The van der Waals surface area contributed by atoms with Crippen molar-refractivity contribution in [2.45, 2.75) is 39.5 Å². The first-order valence-electron chi connectivity index (χ1n) is 9.72. The number of nitrogens with zero attached hydrogens (tertiary/aromatic N) is 1. The Morgan fingerprint density at radius 2 is 1.67 bits per heavy atom. The third kappa shape index (κ3) is 5.10. The van der Waals surface area contributed by atoms with Crippen molar-refractivity contribution in [1.82, 2.24) is 10.2 Å². The minimum absolute atomic E-state index is 0.784. The van der Waals surface area contributed by atoms with Gasteiger partial charge in [0.15, 0.2) is 0 Å². The van der Waals surface area contributed by atoms with Crippen molar-refractivity contribution < 1.29 is 4.74 Å². The van der Waals surface area contributed by atoms with E-state index in [0.29, 0.717) is 0 Å². The predicted octanol–water partition coefficient (Wildman–Crippen LogP) is 6.74. The molecule has 0 spiro atoms. The van der Waals surface area contributed by atoms with Gasteiger partial charge in [-0.3, -0.25) is 5.10 Å². The van der Waals surface area contributed by atoms with Crippen molar-refractivity contribution in [1.29, 1.82) is 0 Å². The Hall–Kier alpha value is -2.81. The largest absolute Gasteiger partial charge is 0.494 e. The van der Waals surface area contributed by atoms with Crippen LogP contribution in [0.2, 0.25) is 0 Å². The number of aromatic amines is 1. The number of unbranched alkanes of at least 4 members (excludes halogenated alkanes) is 3. The quantitative estimate of drug-likeness (QED) is 0.429. The summed E-state index contributed by atoms with van der Waals surface area (Å²) in [5.74, 6) is 0.918. The predicted molar refractivity (Wildman–Crippen MR) is 114 cm³/mol. The summed E-state index contributed by atoms with van der Waals surface area (Å²) in [6.45, 7) is 9.00. The van der Waals surface area contributed by atoms with Crippen LogP contribution in [0, 0.1) is 0 Å². The maximum atomic E-state index is 5.81. The summed E-state index contributed by atoms with van der Waals surface area (Å²) in [4.78, 5) is 0. The first kappa shape index (κ1) is 19.0. The van der Waals surface area contributed by atoms with E-state index in [4.69, 9.17) is 4.74 Å². The molecule has 1 aromatic heterocycles. The number of ether oxygens (including phenoxy) is 1. The van der Waals surface area contributed by atoms with Gasteiger partial charge in [-0.15, -0.1) is 0 Å². The van der Waals surface area contributed by atoms with Crippen LogP contribution in [0.4, 0.5) is 0 Å². The van der Waals surface area contributed by atoms with Gasteiger partial charge in [-0.05, 0) is 54.8 Å². The first-order valence-corrected chi connectivity index (χ1v) is 9.72. The zero-order valence-corrected chi connectivity index (χ0v) is 16.3. The van der Waals surface area contributed by atoms with Gasteiger partial charge in [-0.25, -0.2) is 0 Å². The number of nitrogens with one attached hydrogen (secondary N) is 1. The molecule has 27 heavy (non-hydrogen) atoms. The first-order chi connectivity index (χ1) is 13.2. The molecule has 3 heteroatoms. The van der Waals surface area contributed by atoms with Crippen LogP contribution in [-0.4, -0.2) is 16.8 Å². The van der Waals surface area contributed by atoms with Crippen LogP contribution in [0.25, 0.3) is 28.1 Å². The molecule has 0 aliphatic rings. The minimum atomic E-state index is 0.784. The van der Waals surface area contributed by atoms with Crippen LogP contribution in [0.15, 0.2) is 61.2 Å². The van der Waals surface area contributed by atoms with Crippen molar-refractivity contribution in [2.24, 2.45) is 0 Å². The average Bonchev–Trinajstić information content (AvgIpc) is 3.18. The Bertz CT molecular complexity index is 860. The SMILES string of the molecule is C=C(C)c1ccc(-c2cc(-c3ccc(OCCCCCC)cc3)n[nH]2)cc1. The van der Waals surface area contributed by atoms with Crippen molar-refractivity contribution >= 4 is 5.57 Å². The van der Waals surface area contributed by atoms with Crippen molar-refractivity contribution in [3.63, 3.8) is 0 Å². The fourth-order valence-electron chi connectivity index (χ4n) is 2.99. The Labute approximate surface area is 162 Å². The summed E-state index contributed by atoms with van der Waals surface area (Å²) < 4.78 is 5.81. The van der Waals surface area contributed by atoms with Crippen molar-refractivity contribution in [2.75, 3.05) is 6.61 Å². The zero-order valence-electron chi connectivity index (χ0n) is 16.3. The van der Waals surface area contributed by atoms with Crippen LogP contribution in [0.5, 0.6) is 5.75 Å². The van der Waals surface area contributed by atoms with E-state index in [-0.39, 0.29) is 0 Å². The molecule has 3 rings (SSSR count). The lowest BCUT2D eigenvalue weighted by atomic mass is 10.0. The van der Waals surface area contributed by atoms with Crippen molar-refractivity contribution in [3.05, 3.63) is 66.7 Å². The molecule has 0 unspecified atom stereocenters. The van der Waals surface area contributed by atoms with Gasteiger partial charge in [0, 0.05) is 5.56 Å². The third-order valence-electron chi connectivity index (χ3n) is 4.68. The lowest BCUT2D eigenvalue weighted by Crippen LogP contribution is -1.96. The van der Waals surface area contributed by atoms with E-state index in [0.717, 1.165) is 52.4 Å². The van der Waals surface area contributed by atoms with Gasteiger partial charge in [0.05, 0.1) is 18.0 Å². The topological polar surface area (TPSA) is 37.9 Å². The second kappa shape index (κ2) is 9.22. The summed E-state index contributed by atoms with van der Waals surface area (Å²) in [6, 6.07) is 18.6. The molecule has 1 N–H and O–H groups in total. The molecule has 1 heterocycles. The smallest absolute Gasteiger partial charge is 0.119 e. The van der Waals surface area contributed by atoms with Gasteiger partial charge in [0.25, 0.3) is 0 Å². The van der Waals surface area contributed by atoms with E-state index in [1.54, 1.807) is 0 Å². The van der Waals surface area contributed by atoms with Gasteiger partial charge in [-0.2, -0.15) is 5.10 Å². The molecule has 140 valence electrons. The molecule has 0 radical (unpaired) electrons. The van der Waals surface area contributed by atoms with E-state index in [1.807, 2.05) is 19.1 Å². The van der Waals surface area contributed by atoms with Gasteiger partial charge < -0.3 is 4.74 Å². The number of hydrogen-bond donors (Lipinski definition) is 1. The molecule has 3 nitrogen and oxygen atoms in total. The van der Waals surface area contributed by atoms with E-state index >= 15 is 0 Å². The minimum Gasteiger partial charge on any atom is -0.494 e. The summed E-state index contributed by atoms with van der Waals surface area (Å²) in [5, 5.41) is 7.60. The Balaban J connectivity index is 1.63. The third-order valence-corrected chi connectivity index (χ3v) is 4.68. The monoisotopic (exact) mass is 360 g/mol. The lowest BCUT2D eigenvalue weighted by molar-refractivity contribution is 0.305. The highest BCUT2D eigenvalue weighted by Gasteiger charge is 2.07. The molecule has 0 saturated heterocycles. The normalized spacial score (nSPS) is 10.7. The van der Waals surface area contributed by atoms with Crippen LogP contribution >= 0.6 is 0 Å². The highest BCUT2D eigenvalue weighted by molar-refractivity contribution is 5.70. The number of H-pyrrole nitrogens is 1. The van der Waals surface area contributed by atoms with E-state index in [1.165, 1.54) is 19.3 Å². The molecule has 0 atom stereocenters. The number of hydrogen-bond acceptors (Lipinski definition) is 2. The molecule has 0 fully saturated rings. The zero-order chi connectivity index (χ0) is 19.1. The molecule has 0 aliphatic carbocycles. The highest BCUT2D eigenvalue weighted by Crippen LogP contribution is 2.26. The Morgan fingerprint density at radius 1 is 0.963 bits per heavy atom. The summed E-state index contributed by atoms with van der Waals surface area (Å²) in [5.41, 5.74) is 6.36. The van der Waals surface area contributed by atoms with E-state index < -0.39 is 0 Å². The number of benzene rings is 2. The molecule has 0 amide bonds. The van der Waals surface area contributed by atoms with E-state index in [9.17, 15) is 0 Å². The van der Waals surface area contributed by atoms with Crippen molar-refractivity contribution in [3.8, 4) is 28.3 Å². The standard InChI is InChI=1S/C24H28N2O/c1-4-5-6-7-16-27-22-14-12-21(13-15-22)24-17-23(25-26-24)20-10-8-19(9-11-20)18(2)3/h8-15,17H,2,4-7,16H2,1,3H3,(H,25,26). The molecule has 0 aliphatic heterocycles. The van der Waals surface area contributed by atoms with Gasteiger partial charge >= 0.3 is 0 Å². The number of allylic oxidation sites excluding steroid dienone is 1. The van der Waals surface area contributed by atoms with E-state index in [2.05, 4.69) is 66.2 Å². The molecule has 0 bridgehead atoms. The molecular weight excluding hydrogens is 332 g/mol. The lowest BCUT2D eigenvalue weighted by Gasteiger charge is -2.06. The van der Waals surface area contributed by atoms with Crippen LogP contribution in [-0.2, 0) is 0 Å². The van der Waals surface area contributed by atoms with Gasteiger partial charge in [0.1, 0.15) is 5.75 Å². The molecule has 2 aromatic carbocycles. The second-order valence-electron chi connectivity index (χ2n) is 6.96. The Morgan fingerprint density at radius 3 is 2.33 bits per heavy atom. The van der Waals surface area contributed by atoms with Gasteiger partial charge in [-0.1, -0.05) is 62.6 Å². The summed E-state index contributed by atoms with van der Waals surface area (Å²) in [6.07, 6.45) is 4.87. The molecular formula is C24H28N2O. The maximum absolute atomic E-state index is 5.81. The second-order valence-corrected chi connectivity index (χ2v) is 6.96.